The molecule has 2 rings (SSSR count). The van der Waals surface area contributed by atoms with Crippen molar-refractivity contribution in [2.45, 2.75) is 39.3 Å². The summed E-state index contributed by atoms with van der Waals surface area (Å²) in [6.07, 6.45) is 1.11. The van der Waals surface area contributed by atoms with Crippen LogP contribution in [0.3, 0.4) is 0 Å². The number of hydrogen-bond acceptors (Lipinski definition) is 2. The van der Waals surface area contributed by atoms with Gasteiger partial charge in [-0.2, -0.15) is 0 Å². The fourth-order valence-electron chi connectivity index (χ4n) is 2.46. The minimum Gasteiger partial charge on any atom is -0.325 e. The fourth-order valence-corrected chi connectivity index (χ4v) is 2.46. The van der Waals surface area contributed by atoms with E-state index in [2.05, 4.69) is 53.8 Å². The Labute approximate surface area is 103 Å². The maximum Gasteiger partial charge on any atom is 0.106 e. The van der Waals surface area contributed by atoms with Crippen LogP contribution in [0.4, 0.5) is 0 Å². The van der Waals surface area contributed by atoms with Gasteiger partial charge in [0.05, 0.1) is 11.0 Å². The molecule has 0 amide bonds. The maximum atomic E-state index is 4.61. The molecule has 0 radical (unpaired) electrons. The summed E-state index contributed by atoms with van der Waals surface area (Å²) >= 11 is 0. The summed E-state index contributed by atoms with van der Waals surface area (Å²) in [5.74, 6) is 1.10. The molecule has 0 bridgehead atoms. The number of rotatable bonds is 4. The Kier molecular flexibility index (Phi) is 3.48. The Morgan fingerprint density at radius 2 is 2.00 bits per heavy atom. The van der Waals surface area contributed by atoms with Crippen LogP contribution in [0.15, 0.2) is 24.3 Å². The highest BCUT2D eigenvalue weighted by atomic mass is 15.1. The van der Waals surface area contributed by atoms with Gasteiger partial charge in [0, 0.05) is 12.1 Å². The number of aromatic nitrogens is 2. The Hall–Kier alpha value is -1.35. The lowest BCUT2D eigenvalue weighted by Gasteiger charge is -2.20. The molecular weight excluding hydrogens is 210 g/mol. The average Bonchev–Trinajstić information content (AvgIpc) is 2.64. The highest BCUT2D eigenvalue weighted by Gasteiger charge is 2.14. The van der Waals surface area contributed by atoms with E-state index in [4.69, 9.17) is 0 Å². The van der Waals surface area contributed by atoms with Gasteiger partial charge in [-0.25, -0.2) is 4.98 Å². The third-order valence-electron chi connectivity index (χ3n) is 3.40. The summed E-state index contributed by atoms with van der Waals surface area (Å²) in [5.41, 5.74) is 2.33. The van der Waals surface area contributed by atoms with Gasteiger partial charge in [0.15, 0.2) is 0 Å². The third-order valence-corrected chi connectivity index (χ3v) is 3.40. The van der Waals surface area contributed by atoms with Gasteiger partial charge in [-0.1, -0.05) is 12.1 Å². The number of aryl methyl sites for hydroxylation is 1. The second kappa shape index (κ2) is 4.88. The second-order valence-electron chi connectivity index (χ2n) is 4.79. The third kappa shape index (κ3) is 2.34. The van der Waals surface area contributed by atoms with E-state index in [1.54, 1.807) is 0 Å². The summed E-state index contributed by atoms with van der Waals surface area (Å²) in [4.78, 5) is 4.61. The van der Waals surface area contributed by atoms with Crippen molar-refractivity contribution < 1.29 is 0 Å². The molecule has 1 aromatic heterocycles. The highest BCUT2D eigenvalue weighted by molar-refractivity contribution is 5.76. The molecule has 2 unspecified atom stereocenters. The summed E-state index contributed by atoms with van der Waals surface area (Å²) in [7, 11) is 2.01. The quantitative estimate of drug-likeness (QED) is 0.877. The molecule has 92 valence electrons. The topological polar surface area (TPSA) is 29.9 Å². The molecule has 1 aromatic carbocycles. The van der Waals surface area contributed by atoms with Gasteiger partial charge in [-0.3, -0.25) is 0 Å². The molecule has 0 aliphatic rings. The van der Waals surface area contributed by atoms with Crippen LogP contribution in [0.25, 0.3) is 11.0 Å². The van der Waals surface area contributed by atoms with Gasteiger partial charge in [0.2, 0.25) is 0 Å². The summed E-state index contributed by atoms with van der Waals surface area (Å²) in [6, 6.07) is 9.33. The number of imidazole rings is 1. The van der Waals surface area contributed by atoms with Crippen molar-refractivity contribution in [2.75, 3.05) is 7.05 Å². The number of nitrogens with zero attached hydrogens (tertiary/aromatic N) is 2. The molecule has 0 spiro atoms. The first-order valence-electron chi connectivity index (χ1n) is 6.24. The van der Waals surface area contributed by atoms with Crippen LogP contribution in [0, 0.1) is 6.92 Å². The van der Waals surface area contributed by atoms with Gasteiger partial charge in [-0.15, -0.1) is 0 Å². The molecule has 0 aliphatic carbocycles. The average molecular weight is 231 g/mol. The molecule has 3 nitrogen and oxygen atoms in total. The normalized spacial score (nSPS) is 15.1. The summed E-state index contributed by atoms with van der Waals surface area (Å²) in [6.45, 7) is 6.56. The number of para-hydroxylation sites is 2. The van der Waals surface area contributed by atoms with E-state index in [0.717, 1.165) is 17.8 Å². The van der Waals surface area contributed by atoms with Gasteiger partial charge >= 0.3 is 0 Å². The van der Waals surface area contributed by atoms with Crippen molar-refractivity contribution in [1.82, 2.24) is 14.9 Å². The van der Waals surface area contributed by atoms with Crippen LogP contribution in [0.1, 0.15) is 32.1 Å². The number of fused-ring (bicyclic) bond motifs is 1. The van der Waals surface area contributed by atoms with Crippen molar-refractivity contribution in [3.63, 3.8) is 0 Å². The Morgan fingerprint density at radius 3 is 2.71 bits per heavy atom. The zero-order chi connectivity index (χ0) is 12.4. The summed E-state index contributed by atoms with van der Waals surface area (Å²) in [5, 5.41) is 3.29. The van der Waals surface area contributed by atoms with Crippen molar-refractivity contribution >= 4 is 11.0 Å². The molecule has 17 heavy (non-hydrogen) atoms. The molecule has 2 atom stereocenters. The SMILES string of the molecule is CNC(C)CC(C)n1c(C)nc2ccccc21. The van der Waals surface area contributed by atoms with E-state index in [9.17, 15) is 0 Å². The predicted octanol–water partition coefficient (Wildman–Crippen LogP) is 2.90. The molecule has 1 heterocycles. The van der Waals surface area contributed by atoms with Gasteiger partial charge < -0.3 is 9.88 Å². The molecule has 0 aliphatic heterocycles. The number of hydrogen-bond donors (Lipinski definition) is 1. The fraction of sp³-hybridized carbons (Fsp3) is 0.500. The number of benzene rings is 1. The van der Waals surface area contributed by atoms with E-state index in [-0.39, 0.29) is 0 Å². The monoisotopic (exact) mass is 231 g/mol. The Balaban J connectivity index is 2.37. The lowest BCUT2D eigenvalue weighted by molar-refractivity contribution is 0.433. The molecule has 1 N–H and O–H groups in total. The predicted molar refractivity (Wildman–Crippen MR) is 72.3 cm³/mol. The Morgan fingerprint density at radius 1 is 1.29 bits per heavy atom. The standard InChI is InChI=1S/C14H21N3/c1-10(15-4)9-11(2)17-12(3)16-13-7-5-6-8-14(13)17/h5-8,10-11,15H,9H2,1-4H3. The van der Waals surface area contributed by atoms with E-state index >= 15 is 0 Å². The molecule has 0 fully saturated rings. The minimum atomic E-state index is 0.463. The van der Waals surface area contributed by atoms with E-state index in [1.165, 1.54) is 5.52 Å². The maximum absolute atomic E-state index is 4.61. The number of nitrogens with one attached hydrogen (secondary N) is 1. The zero-order valence-electron chi connectivity index (χ0n) is 11.1. The first-order chi connectivity index (χ1) is 8.13. The van der Waals surface area contributed by atoms with Crippen LogP contribution in [0.5, 0.6) is 0 Å². The van der Waals surface area contributed by atoms with Gasteiger partial charge in [0.1, 0.15) is 5.82 Å². The largest absolute Gasteiger partial charge is 0.325 e. The van der Waals surface area contributed by atoms with Gasteiger partial charge in [-0.05, 0) is 46.4 Å². The van der Waals surface area contributed by atoms with E-state index in [1.807, 2.05) is 13.1 Å². The van der Waals surface area contributed by atoms with E-state index in [0.29, 0.717) is 12.1 Å². The molecule has 2 aromatic rings. The highest BCUT2D eigenvalue weighted by Crippen LogP contribution is 2.23. The lowest BCUT2D eigenvalue weighted by atomic mass is 10.1. The molecule has 0 saturated carbocycles. The van der Waals surface area contributed by atoms with E-state index < -0.39 is 0 Å². The molecule has 0 saturated heterocycles. The second-order valence-corrected chi connectivity index (χ2v) is 4.79. The molecular formula is C14H21N3. The summed E-state index contributed by atoms with van der Waals surface area (Å²) < 4.78 is 2.34. The van der Waals surface area contributed by atoms with Crippen molar-refractivity contribution in [3.8, 4) is 0 Å². The zero-order valence-corrected chi connectivity index (χ0v) is 11.1. The van der Waals surface area contributed by atoms with Crippen LogP contribution in [-0.4, -0.2) is 22.6 Å². The smallest absolute Gasteiger partial charge is 0.106 e. The van der Waals surface area contributed by atoms with Crippen LogP contribution in [0.2, 0.25) is 0 Å². The van der Waals surface area contributed by atoms with Gasteiger partial charge in [0.25, 0.3) is 0 Å². The lowest BCUT2D eigenvalue weighted by Crippen LogP contribution is -2.25. The first-order valence-corrected chi connectivity index (χ1v) is 6.24. The van der Waals surface area contributed by atoms with Crippen molar-refractivity contribution in [3.05, 3.63) is 30.1 Å². The van der Waals surface area contributed by atoms with Crippen LogP contribution < -0.4 is 5.32 Å². The van der Waals surface area contributed by atoms with Crippen molar-refractivity contribution in [1.29, 1.82) is 0 Å². The minimum absolute atomic E-state index is 0.463. The van der Waals surface area contributed by atoms with Crippen LogP contribution >= 0.6 is 0 Å². The van der Waals surface area contributed by atoms with Crippen LogP contribution in [-0.2, 0) is 0 Å². The Bertz CT molecular complexity index is 501. The molecule has 3 heteroatoms. The van der Waals surface area contributed by atoms with Crippen molar-refractivity contribution in [2.24, 2.45) is 0 Å². The first kappa shape index (κ1) is 12.1.